The molecule has 1 aromatic heterocycles. The van der Waals surface area contributed by atoms with E-state index in [2.05, 4.69) is 182 Å². The minimum atomic E-state index is -0.350. The number of benzene rings is 8. The van der Waals surface area contributed by atoms with E-state index >= 15 is 0 Å². The monoisotopic (exact) mass is 734 g/mol. The van der Waals surface area contributed by atoms with Gasteiger partial charge in [-0.2, -0.15) is 0 Å². The van der Waals surface area contributed by atoms with Gasteiger partial charge in [0.2, 0.25) is 0 Å². The first-order valence-electron chi connectivity index (χ1n) is 19.5. The van der Waals surface area contributed by atoms with Crippen LogP contribution in [0, 0.1) is 0 Å². The maximum Gasteiger partial charge on any atom is 0.159 e. The van der Waals surface area contributed by atoms with Crippen molar-refractivity contribution >= 4 is 61.4 Å². The van der Waals surface area contributed by atoms with Crippen LogP contribution in [0.15, 0.2) is 196 Å². The van der Waals surface area contributed by atoms with E-state index in [0.717, 1.165) is 72.3 Å². The van der Waals surface area contributed by atoms with Crippen molar-refractivity contribution in [1.29, 1.82) is 0 Å². The van der Waals surface area contributed by atoms with E-state index in [9.17, 15) is 0 Å². The quantitative estimate of drug-likeness (QED) is 0.185. The molecule has 272 valence electrons. The molecule has 0 radical (unpaired) electrons. The highest BCUT2D eigenvalue weighted by molar-refractivity contribution is 6.23. The summed E-state index contributed by atoms with van der Waals surface area (Å²) in [5.74, 6) is 1.41. The molecule has 1 atom stereocenters. The molecular weight excluding hydrogens is 697 g/mol. The van der Waals surface area contributed by atoms with Crippen LogP contribution in [-0.4, -0.2) is 11.7 Å². The molecule has 1 aliphatic carbocycles. The molecule has 1 aliphatic heterocycles. The molecule has 0 bridgehead atoms. The van der Waals surface area contributed by atoms with Crippen LogP contribution in [0.2, 0.25) is 0 Å². The summed E-state index contributed by atoms with van der Waals surface area (Å²) in [6.07, 6.45) is -0.350. The van der Waals surface area contributed by atoms with Gasteiger partial charge >= 0.3 is 0 Å². The van der Waals surface area contributed by atoms with Crippen LogP contribution in [0.1, 0.15) is 47.8 Å². The number of nitrogens with zero attached hydrogens (tertiary/aromatic N) is 3. The largest absolute Gasteiger partial charge is 0.456 e. The second kappa shape index (κ2) is 12.9. The second-order valence-corrected chi connectivity index (χ2v) is 15.5. The molecule has 5 nitrogen and oxygen atoms in total. The van der Waals surface area contributed by atoms with Gasteiger partial charge in [0, 0.05) is 44.8 Å². The van der Waals surface area contributed by atoms with E-state index in [1.807, 2.05) is 24.3 Å². The van der Waals surface area contributed by atoms with Gasteiger partial charge in [0.15, 0.2) is 5.84 Å². The lowest BCUT2D eigenvalue weighted by Crippen LogP contribution is -2.33. The fourth-order valence-corrected chi connectivity index (χ4v) is 8.86. The van der Waals surface area contributed by atoms with E-state index in [4.69, 9.17) is 14.4 Å². The molecule has 8 aromatic carbocycles. The Morgan fingerprint density at radius 1 is 0.544 bits per heavy atom. The summed E-state index contributed by atoms with van der Waals surface area (Å²) in [6.45, 7) is 4.66. The summed E-state index contributed by atoms with van der Waals surface area (Å²) in [4.78, 5) is 12.8. The third kappa shape index (κ3) is 5.46. The molecule has 2 aliphatic rings. The number of aliphatic imine (C=N–C) groups is 2. The Kier molecular flexibility index (Phi) is 7.51. The lowest BCUT2D eigenvalue weighted by atomic mass is 9.82. The van der Waals surface area contributed by atoms with Gasteiger partial charge in [0.1, 0.15) is 23.2 Å². The summed E-state index contributed by atoms with van der Waals surface area (Å²) in [7, 11) is 0. The topological polar surface area (TPSA) is 53.1 Å². The predicted molar refractivity (Wildman–Crippen MR) is 235 cm³/mol. The Morgan fingerprint density at radius 2 is 1.21 bits per heavy atom. The van der Waals surface area contributed by atoms with Gasteiger partial charge in [-0.05, 0) is 81.1 Å². The Bertz CT molecular complexity index is 3070. The van der Waals surface area contributed by atoms with Crippen LogP contribution in [0.5, 0.6) is 0 Å². The number of para-hydroxylation sites is 1. The third-order valence-corrected chi connectivity index (χ3v) is 11.7. The van der Waals surface area contributed by atoms with Crippen LogP contribution in [-0.2, 0) is 5.41 Å². The highest BCUT2D eigenvalue weighted by Crippen LogP contribution is 2.51. The molecule has 57 heavy (non-hydrogen) atoms. The SMILES string of the molecule is CC1(C)c2ccccc2-c2ccc(N(c3ccccc3)c3cc(C4=NC(c5ccccc5)=NC(c5ccccc5)N4)c4c(c3)oc3cc5ccccc5cc34)cc21. The lowest BCUT2D eigenvalue weighted by molar-refractivity contribution is 0.660. The zero-order chi connectivity index (χ0) is 38.1. The molecule has 0 spiro atoms. The molecule has 0 fully saturated rings. The van der Waals surface area contributed by atoms with Gasteiger partial charge in [0.05, 0.1) is 5.69 Å². The van der Waals surface area contributed by atoms with E-state index < -0.39 is 0 Å². The summed E-state index contributed by atoms with van der Waals surface area (Å²) in [6, 6.07) is 64.3. The molecule has 0 amide bonds. The Morgan fingerprint density at radius 3 is 2.00 bits per heavy atom. The number of hydrogen-bond acceptors (Lipinski definition) is 5. The van der Waals surface area contributed by atoms with Crippen molar-refractivity contribution in [3.05, 3.63) is 210 Å². The number of fused-ring (bicyclic) bond motifs is 7. The summed E-state index contributed by atoms with van der Waals surface area (Å²) in [5.41, 5.74) is 12.8. The molecule has 2 heterocycles. The number of nitrogens with one attached hydrogen (secondary N) is 1. The Labute approximate surface area is 331 Å². The molecular formula is C52H38N4O. The van der Waals surface area contributed by atoms with Crippen LogP contribution in [0.3, 0.4) is 0 Å². The first kappa shape index (κ1) is 33.1. The smallest absolute Gasteiger partial charge is 0.159 e. The van der Waals surface area contributed by atoms with Gasteiger partial charge in [-0.15, -0.1) is 0 Å². The average Bonchev–Trinajstić information content (AvgIpc) is 3.74. The number of furan rings is 1. The molecule has 1 unspecified atom stereocenters. The molecule has 0 saturated heterocycles. The Balaban J connectivity index is 1.17. The van der Waals surface area contributed by atoms with Crippen molar-refractivity contribution in [2.75, 3.05) is 4.90 Å². The van der Waals surface area contributed by atoms with Gasteiger partial charge in [-0.3, -0.25) is 0 Å². The predicted octanol–water partition coefficient (Wildman–Crippen LogP) is 13.0. The number of amidine groups is 2. The zero-order valence-corrected chi connectivity index (χ0v) is 31.6. The number of rotatable bonds is 6. The van der Waals surface area contributed by atoms with Crippen LogP contribution >= 0.6 is 0 Å². The van der Waals surface area contributed by atoms with Gasteiger partial charge in [-0.25, -0.2) is 9.98 Å². The minimum absolute atomic E-state index is 0.152. The third-order valence-electron chi connectivity index (χ3n) is 11.7. The van der Waals surface area contributed by atoms with Crippen LogP contribution in [0.25, 0.3) is 43.8 Å². The first-order valence-corrected chi connectivity index (χ1v) is 19.5. The van der Waals surface area contributed by atoms with Crippen LogP contribution in [0.4, 0.5) is 17.1 Å². The van der Waals surface area contributed by atoms with E-state index in [-0.39, 0.29) is 11.6 Å². The fourth-order valence-electron chi connectivity index (χ4n) is 8.86. The number of anilines is 3. The zero-order valence-electron chi connectivity index (χ0n) is 31.6. The molecule has 9 aromatic rings. The van der Waals surface area contributed by atoms with Crippen molar-refractivity contribution in [2.24, 2.45) is 9.98 Å². The minimum Gasteiger partial charge on any atom is -0.456 e. The first-order chi connectivity index (χ1) is 28.0. The molecule has 11 rings (SSSR count). The average molecular weight is 735 g/mol. The summed E-state index contributed by atoms with van der Waals surface area (Å²) in [5, 5.41) is 8.11. The van der Waals surface area contributed by atoms with E-state index in [0.29, 0.717) is 5.84 Å². The second-order valence-electron chi connectivity index (χ2n) is 15.5. The summed E-state index contributed by atoms with van der Waals surface area (Å²) < 4.78 is 6.89. The highest BCUT2D eigenvalue weighted by Gasteiger charge is 2.36. The fraction of sp³-hybridized carbons (Fsp3) is 0.0769. The normalized spacial score (nSPS) is 15.5. The standard InChI is InChI=1S/C52H38N4O/c1-52(2)44-25-15-14-24-40(44)41-27-26-38(31-45(41)52)56(37-22-10-5-11-23-37)39-30-43(48-42-28-35-20-12-13-21-36(35)29-46(42)57-47(48)32-39)51-54-49(33-16-6-3-7-17-33)53-50(55-51)34-18-8-4-9-19-34/h3-32,49H,1-2H3,(H,53,54,55). The van der Waals surface area contributed by atoms with Gasteiger partial charge in [0.25, 0.3) is 0 Å². The maximum absolute atomic E-state index is 6.89. The van der Waals surface area contributed by atoms with Gasteiger partial charge < -0.3 is 14.6 Å². The van der Waals surface area contributed by atoms with Crippen molar-refractivity contribution in [2.45, 2.75) is 25.4 Å². The lowest BCUT2D eigenvalue weighted by Gasteiger charge is -2.29. The van der Waals surface area contributed by atoms with Gasteiger partial charge in [-0.1, -0.05) is 147 Å². The van der Waals surface area contributed by atoms with Crippen molar-refractivity contribution in [3.8, 4) is 11.1 Å². The highest BCUT2D eigenvalue weighted by atomic mass is 16.3. The summed E-state index contributed by atoms with van der Waals surface area (Å²) >= 11 is 0. The molecule has 5 heteroatoms. The van der Waals surface area contributed by atoms with Crippen molar-refractivity contribution in [3.63, 3.8) is 0 Å². The van der Waals surface area contributed by atoms with E-state index in [1.165, 1.54) is 22.3 Å². The molecule has 1 N–H and O–H groups in total. The Hall–Kier alpha value is -7.24. The van der Waals surface area contributed by atoms with Crippen molar-refractivity contribution < 1.29 is 4.42 Å². The maximum atomic E-state index is 6.89. The van der Waals surface area contributed by atoms with Crippen LogP contribution < -0.4 is 10.2 Å². The van der Waals surface area contributed by atoms with Crippen molar-refractivity contribution in [1.82, 2.24) is 5.32 Å². The number of hydrogen-bond donors (Lipinski definition) is 1. The molecule has 0 saturated carbocycles. The van der Waals surface area contributed by atoms with E-state index in [1.54, 1.807) is 0 Å².